The molecule has 3 amide bonds. The number of hydrogen-bond acceptors (Lipinski definition) is 4. The molecule has 2 aliphatic rings. The van der Waals surface area contributed by atoms with Crippen molar-refractivity contribution in [3.8, 4) is 11.5 Å². The third-order valence-corrected chi connectivity index (χ3v) is 6.53. The molecule has 0 spiro atoms. The first-order chi connectivity index (χ1) is 16.3. The number of rotatable bonds is 3. The lowest BCUT2D eigenvalue weighted by Crippen LogP contribution is -2.28. The molecular formula is C27H25N3O4. The van der Waals surface area contributed by atoms with E-state index in [0.717, 1.165) is 16.8 Å². The molecule has 0 saturated carbocycles. The molecular weight excluding hydrogens is 430 g/mol. The largest absolute Gasteiger partial charge is 0.454 e. The highest BCUT2D eigenvalue weighted by atomic mass is 16.5. The van der Waals surface area contributed by atoms with E-state index in [1.165, 1.54) is 4.90 Å². The molecule has 0 aromatic heterocycles. The van der Waals surface area contributed by atoms with E-state index in [-0.39, 0.29) is 24.1 Å². The molecule has 5 rings (SSSR count). The Hall–Kier alpha value is -4.13. The average molecular weight is 456 g/mol. The number of benzene rings is 3. The Morgan fingerprint density at radius 1 is 0.971 bits per heavy atom. The smallest absolute Gasteiger partial charge is 0.261 e. The first-order valence-corrected chi connectivity index (χ1v) is 11.2. The Morgan fingerprint density at radius 2 is 1.76 bits per heavy atom. The van der Waals surface area contributed by atoms with E-state index < -0.39 is 5.92 Å². The minimum Gasteiger partial charge on any atom is -0.454 e. The van der Waals surface area contributed by atoms with Crippen molar-refractivity contribution in [3.05, 3.63) is 77.4 Å². The van der Waals surface area contributed by atoms with E-state index in [1.54, 1.807) is 48.3 Å². The lowest BCUT2D eigenvalue weighted by atomic mass is 10.1. The van der Waals surface area contributed by atoms with Gasteiger partial charge in [-0.1, -0.05) is 18.2 Å². The van der Waals surface area contributed by atoms with Crippen molar-refractivity contribution < 1.29 is 19.1 Å². The molecule has 1 fully saturated rings. The van der Waals surface area contributed by atoms with Crippen molar-refractivity contribution in [3.63, 3.8) is 0 Å². The highest BCUT2D eigenvalue weighted by Crippen LogP contribution is 2.40. The van der Waals surface area contributed by atoms with E-state index in [0.29, 0.717) is 35.0 Å². The Morgan fingerprint density at radius 3 is 2.56 bits per heavy atom. The topological polar surface area (TPSA) is 79.0 Å². The first-order valence-electron chi connectivity index (χ1n) is 11.2. The van der Waals surface area contributed by atoms with Crippen molar-refractivity contribution in [1.82, 2.24) is 0 Å². The van der Waals surface area contributed by atoms with E-state index in [9.17, 15) is 14.4 Å². The molecule has 1 N–H and O–H groups in total. The zero-order valence-electron chi connectivity index (χ0n) is 19.3. The summed E-state index contributed by atoms with van der Waals surface area (Å²) < 4.78 is 5.97. The number of carbonyl (C=O) groups excluding carboxylic acids is 3. The molecule has 1 saturated heterocycles. The van der Waals surface area contributed by atoms with Gasteiger partial charge in [0.2, 0.25) is 11.8 Å². The maximum atomic E-state index is 13.0. The van der Waals surface area contributed by atoms with Gasteiger partial charge >= 0.3 is 0 Å². The van der Waals surface area contributed by atoms with Crippen LogP contribution in [0.25, 0.3) is 0 Å². The molecule has 0 unspecified atom stereocenters. The summed E-state index contributed by atoms with van der Waals surface area (Å²) in [5.74, 6) is 0.0610. The van der Waals surface area contributed by atoms with E-state index in [1.807, 2.05) is 38.1 Å². The second kappa shape index (κ2) is 8.33. The van der Waals surface area contributed by atoms with Crippen LogP contribution in [0, 0.1) is 19.8 Å². The SMILES string of the molecule is Cc1ccc(N2C[C@H](C(=O)Nc3ccc4c(c3)N(C)C(=O)c3ccccc3O4)CC2=O)cc1C. The molecule has 0 radical (unpaired) electrons. The second-order valence-corrected chi connectivity index (χ2v) is 8.81. The number of aryl methyl sites for hydroxylation is 2. The monoisotopic (exact) mass is 455 g/mol. The molecule has 2 heterocycles. The summed E-state index contributed by atoms with van der Waals surface area (Å²) >= 11 is 0. The number of ether oxygens (including phenoxy) is 1. The minimum atomic E-state index is -0.465. The molecule has 7 heteroatoms. The van der Waals surface area contributed by atoms with Crippen molar-refractivity contribution in [2.24, 2.45) is 5.92 Å². The fourth-order valence-electron chi connectivity index (χ4n) is 4.35. The summed E-state index contributed by atoms with van der Waals surface area (Å²) in [6.07, 6.45) is 0.153. The van der Waals surface area contributed by atoms with Gasteiger partial charge in [0.15, 0.2) is 5.75 Å². The average Bonchev–Trinajstić information content (AvgIpc) is 3.18. The fourth-order valence-corrected chi connectivity index (χ4v) is 4.35. The Balaban J connectivity index is 1.34. The van der Waals surface area contributed by atoms with Crippen LogP contribution in [-0.4, -0.2) is 31.3 Å². The summed E-state index contributed by atoms with van der Waals surface area (Å²) in [6.45, 7) is 4.36. The predicted molar refractivity (Wildman–Crippen MR) is 131 cm³/mol. The van der Waals surface area contributed by atoms with Crippen molar-refractivity contribution in [2.75, 3.05) is 28.7 Å². The Kier molecular flexibility index (Phi) is 5.32. The Bertz CT molecular complexity index is 1330. The number of nitrogens with one attached hydrogen (secondary N) is 1. The minimum absolute atomic E-state index is 0.0678. The summed E-state index contributed by atoms with van der Waals surface area (Å²) in [5, 5.41) is 2.91. The van der Waals surface area contributed by atoms with Crippen molar-refractivity contribution in [1.29, 1.82) is 0 Å². The van der Waals surface area contributed by atoms with Crippen LogP contribution in [0.3, 0.4) is 0 Å². The van der Waals surface area contributed by atoms with Gasteiger partial charge in [0.1, 0.15) is 5.75 Å². The molecule has 0 aliphatic carbocycles. The van der Waals surface area contributed by atoms with Crippen LogP contribution in [0.2, 0.25) is 0 Å². The van der Waals surface area contributed by atoms with Crippen LogP contribution in [-0.2, 0) is 9.59 Å². The van der Waals surface area contributed by atoms with Crippen molar-refractivity contribution in [2.45, 2.75) is 20.3 Å². The highest BCUT2D eigenvalue weighted by molar-refractivity contribution is 6.10. The summed E-state index contributed by atoms with van der Waals surface area (Å²) in [5.41, 5.74) is 4.64. The third-order valence-electron chi connectivity index (χ3n) is 6.53. The summed E-state index contributed by atoms with van der Waals surface area (Å²) in [6, 6.07) is 18.1. The first kappa shape index (κ1) is 21.7. The van der Waals surface area contributed by atoms with Gasteiger partial charge < -0.3 is 19.9 Å². The van der Waals surface area contributed by atoms with Crippen LogP contribution in [0.15, 0.2) is 60.7 Å². The fraction of sp³-hybridized carbons (Fsp3) is 0.222. The maximum Gasteiger partial charge on any atom is 0.261 e. The zero-order chi connectivity index (χ0) is 24.0. The summed E-state index contributed by atoms with van der Waals surface area (Å²) in [7, 11) is 1.68. The van der Waals surface area contributed by atoms with Crippen LogP contribution in [0.4, 0.5) is 17.1 Å². The number of nitrogens with zero attached hydrogens (tertiary/aromatic N) is 2. The van der Waals surface area contributed by atoms with E-state index >= 15 is 0 Å². The van der Waals surface area contributed by atoms with Gasteiger partial charge in [0.25, 0.3) is 5.91 Å². The van der Waals surface area contributed by atoms with Gasteiger partial charge in [0, 0.05) is 31.4 Å². The standard InChI is InChI=1S/C27H25N3O4/c1-16-8-10-20(12-17(16)2)30-15-18(13-25(30)31)26(32)28-19-9-11-24-22(14-19)29(3)27(33)21-6-4-5-7-23(21)34-24/h4-12,14,18H,13,15H2,1-3H3,(H,28,32)/t18-/m1/s1. The highest BCUT2D eigenvalue weighted by Gasteiger charge is 2.35. The second-order valence-electron chi connectivity index (χ2n) is 8.81. The van der Waals surface area contributed by atoms with Gasteiger partial charge in [-0.2, -0.15) is 0 Å². The quantitative estimate of drug-likeness (QED) is 0.622. The number of hydrogen-bond donors (Lipinski definition) is 1. The lowest BCUT2D eigenvalue weighted by molar-refractivity contribution is -0.122. The van der Waals surface area contributed by atoms with Crippen LogP contribution < -0.4 is 19.9 Å². The normalized spacial score (nSPS) is 17.1. The third kappa shape index (κ3) is 3.79. The number of carbonyl (C=O) groups is 3. The molecule has 172 valence electrons. The number of anilines is 3. The summed E-state index contributed by atoms with van der Waals surface area (Å²) in [4.78, 5) is 41.7. The predicted octanol–water partition coefficient (Wildman–Crippen LogP) is 4.68. The van der Waals surface area contributed by atoms with Gasteiger partial charge in [-0.3, -0.25) is 14.4 Å². The number of fused-ring (bicyclic) bond motifs is 2. The lowest BCUT2D eigenvalue weighted by Gasteiger charge is -2.19. The molecule has 2 aliphatic heterocycles. The van der Waals surface area contributed by atoms with Gasteiger partial charge in [0.05, 0.1) is 17.2 Å². The van der Waals surface area contributed by atoms with Crippen molar-refractivity contribution >= 4 is 34.8 Å². The van der Waals surface area contributed by atoms with E-state index in [2.05, 4.69) is 5.32 Å². The number of para-hydroxylation sites is 1. The molecule has 3 aromatic carbocycles. The van der Waals surface area contributed by atoms with Crippen LogP contribution in [0.1, 0.15) is 27.9 Å². The van der Waals surface area contributed by atoms with E-state index in [4.69, 9.17) is 4.74 Å². The van der Waals surface area contributed by atoms with Crippen LogP contribution in [0.5, 0.6) is 11.5 Å². The maximum absolute atomic E-state index is 13.0. The van der Waals surface area contributed by atoms with Gasteiger partial charge in [-0.05, 0) is 67.4 Å². The molecule has 3 aromatic rings. The molecule has 0 bridgehead atoms. The zero-order valence-corrected chi connectivity index (χ0v) is 19.3. The molecule has 34 heavy (non-hydrogen) atoms. The number of amides is 3. The molecule has 1 atom stereocenters. The molecule has 7 nitrogen and oxygen atoms in total. The Labute approximate surface area is 197 Å². The van der Waals surface area contributed by atoms with Gasteiger partial charge in [-0.25, -0.2) is 0 Å². The van der Waals surface area contributed by atoms with Crippen LogP contribution >= 0.6 is 0 Å². The van der Waals surface area contributed by atoms with Gasteiger partial charge in [-0.15, -0.1) is 0 Å².